The molecule has 23 heavy (non-hydrogen) atoms. The Morgan fingerprint density at radius 2 is 2.00 bits per heavy atom. The van der Waals surface area contributed by atoms with Gasteiger partial charge in [-0.15, -0.1) is 0 Å². The number of carbonyl (C=O) groups is 1. The van der Waals surface area contributed by atoms with E-state index < -0.39 is 0 Å². The van der Waals surface area contributed by atoms with Gasteiger partial charge in [-0.3, -0.25) is 4.79 Å². The van der Waals surface area contributed by atoms with Crippen molar-refractivity contribution in [2.75, 3.05) is 5.32 Å². The van der Waals surface area contributed by atoms with Crippen molar-refractivity contribution in [1.29, 1.82) is 0 Å². The van der Waals surface area contributed by atoms with E-state index in [9.17, 15) is 4.79 Å². The molecule has 0 spiro atoms. The summed E-state index contributed by atoms with van der Waals surface area (Å²) < 4.78 is 10.0. The summed E-state index contributed by atoms with van der Waals surface area (Å²) in [6.45, 7) is 1.75. The van der Waals surface area contributed by atoms with Crippen molar-refractivity contribution < 1.29 is 13.8 Å². The average Bonchev–Trinajstić information content (AvgIpc) is 3.15. The van der Waals surface area contributed by atoms with Gasteiger partial charge in [0.2, 0.25) is 17.6 Å². The van der Waals surface area contributed by atoms with E-state index in [-0.39, 0.29) is 12.3 Å². The number of hydrogen-bond donors (Lipinski definition) is 1. The van der Waals surface area contributed by atoms with Crippen molar-refractivity contribution in [3.05, 3.63) is 47.0 Å². The van der Waals surface area contributed by atoms with Gasteiger partial charge < -0.3 is 14.4 Å². The topological polar surface area (TPSA) is 94.1 Å². The Hall–Kier alpha value is -2.67. The molecular formula is C15H13ClN4O3. The average molecular weight is 333 g/mol. The van der Waals surface area contributed by atoms with Gasteiger partial charge in [0.25, 0.3) is 0 Å². The van der Waals surface area contributed by atoms with Crippen LogP contribution in [0.2, 0.25) is 5.02 Å². The third kappa shape index (κ3) is 3.95. The number of aromatic nitrogens is 3. The number of anilines is 1. The first-order valence-electron chi connectivity index (χ1n) is 6.92. The number of nitrogens with one attached hydrogen (secondary N) is 1. The van der Waals surface area contributed by atoms with Gasteiger partial charge >= 0.3 is 0 Å². The zero-order valence-electron chi connectivity index (χ0n) is 12.2. The molecule has 2 heterocycles. The Labute approximate surface area is 136 Å². The number of rotatable bonds is 5. The highest BCUT2D eigenvalue weighted by molar-refractivity contribution is 6.30. The maximum absolute atomic E-state index is 11.8. The predicted octanol–water partition coefficient (Wildman–Crippen LogP) is 3.26. The van der Waals surface area contributed by atoms with E-state index in [2.05, 4.69) is 20.6 Å². The minimum absolute atomic E-state index is 0.203. The molecule has 0 atom stereocenters. The van der Waals surface area contributed by atoms with E-state index in [1.54, 1.807) is 37.3 Å². The molecule has 0 aliphatic rings. The molecule has 118 valence electrons. The number of aryl methyl sites for hydroxylation is 2. The second kappa shape index (κ2) is 6.62. The van der Waals surface area contributed by atoms with Gasteiger partial charge in [-0.2, -0.15) is 4.98 Å². The molecule has 0 aliphatic heterocycles. The molecule has 1 aromatic carbocycles. The van der Waals surface area contributed by atoms with Crippen LogP contribution >= 0.6 is 11.6 Å². The number of halogens is 1. The van der Waals surface area contributed by atoms with Gasteiger partial charge in [0.05, 0.1) is 0 Å². The van der Waals surface area contributed by atoms with Gasteiger partial charge in [-0.25, -0.2) is 0 Å². The third-order valence-electron chi connectivity index (χ3n) is 3.03. The fourth-order valence-corrected chi connectivity index (χ4v) is 2.05. The Balaban J connectivity index is 1.56. The van der Waals surface area contributed by atoms with Crippen molar-refractivity contribution in [3.8, 4) is 11.4 Å². The summed E-state index contributed by atoms with van der Waals surface area (Å²) in [6, 6.07) is 8.75. The predicted molar refractivity (Wildman–Crippen MR) is 82.9 cm³/mol. The zero-order valence-corrected chi connectivity index (χ0v) is 13.0. The van der Waals surface area contributed by atoms with E-state index in [0.717, 1.165) is 5.56 Å². The molecule has 0 aliphatic carbocycles. The summed E-state index contributed by atoms with van der Waals surface area (Å²) in [6.07, 6.45) is 0.539. The maximum Gasteiger partial charge on any atom is 0.227 e. The summed E-state index contributed by atoms with van der Waals surface area (Å²) in [4.78, 5) is 16.1. The van der Waals surface area contributed by atoms with Crippen LogP contribution in [0.3, 0.4) is 0 Å². The lowest BCUT2D eigenvalue weighted by atomic mass is 10.2. The third-order valence-corrected chi connectivity index (χ3v) is 3.28. The van der Waals surface area contributed by atoms with E-state index in [0.29, 0.717) is 34.7 Å². The van der Waals surface area contributed by atoms with Gasteiger partial charge in [-0.1, -0.05) is 21.9 Å². The summed E-state index contributed by atoms with van der Waals surface area (Å²) >= 11 is 5.84. The Bertz CT molecular complexity index is 810. The van der Waals surface area contributed by atoms with Crippen LogP contribution in [0.15, 0.2) is 39.4 Å². The fourth-order valence-electron chi connectivity index (χ4n) is 1.92. The summed E-state index contributed by atoms with van der Waals surface area (Å²) in [5.74, 6) is 1.67. The van der Waals surface area contributed by atoms with Gasteiger partial charge in [0.1, 0.15) is 5.76 Å². The molecule has 0 saturated carbocycles. The van der Waals surface area contributed by atoms with E-state index in [4.69, 9.17) is 20.6 Å². The van der Waals surface area contributed by atoms with E-state index >= 15 is 0 Å². The van der Waals surface area contributed by atoms with Crippen LogP contribution in [0.25, 0.3) is 11.4 Å². The molecule has 3 rings (SSSR count). The van der Waals surface area contributed by atoms with Crippen molar-refractivity contribution in [2.24, 2.45) is 0 Å². The quantitative estimate of drug-likeness (QED) is 0.770. The summed E-state index contributed by atoms with van der Waals surface area (Å²) in [5.41, 5.74) is 0.798. The second-order valence-corrected chi connectivity index (χ2v) is 5.33. The van der Waals surface area contributed by atoms with Crippen LogP contribution in [-0.4, -0.2) is 21.2 Å². The highest BCUT2D eigenvalue weighted by atomic mass is 35.5. The highest BCUT2D eigenvalue weighted by Crippen LogP contribution is 2.19. The maximum atomic E-state index is 11.8. The lowest BCUT2D eigenvalue weighted by molar-refractivity contribution is -0.116. The normalized spacial score (nSPS) is 10.7. The molecule has 8 heteroatoms. The number of benzene rings is 1. The fraction of sp³-hybridized carbons (Fsp3) is 0.200. The number of nitrogens with zero attached hydrogens (tertiary/aromatic N) is 3. The second-order valence-electron chi connectivity index (χ2n) is 4.89. The van der Waals surface area contributed by atoms with Crippen molar-refractivity contribution in [1.82, 2.24) is 15.3 Å². The summed E-state index contributed by atoms with van der Waals surface area (Å²) in [7, 11) is 0. The molecule has 0 bridgehead atoms. The molecule has 0 saturated heterocycles. The molecule has 0 radical (unpaired) electrons. The van der Waals surface area contributed by atoms with Crippen LogP contribution in [0.5, 0.6) is 0 Å². The van der Waals surface area contributed by atoms with E-state index in [1.165, 1.54) is 0 Å². The smallest absolute Gasteiger partial charge is 0.227 e. The van der Waals surface area contributed by atoms with Crippen LogP contribution < -0.4 is 5.32 Å². The molecule has 7 nitrogen and oxygen atoms in total. The zero-order chi connectivity index (χ0) is 16.2. The van der Waals surface area contributed by atoms with Crippen molar-refractivity contribution >= 4 is 23.3 Å². The first-order valence-corrected chi connectivity index (χ1v) is 7.29. The van der Waals surface area contributed by atoms with Crippen molar-refractivity contribution in [3.63, 3.8) is 0 Å². The molecule has 2 aromatic heterocycles. The molecule has 0 unspecified atom stereocenters. The largest absolute Gasteiger partial charge is 0.360 e. The molecule has 1 N–H and O–H groups in total. The first kappa shape index (κ1) is 15.2. The Morgan fingerprint density at radius 3 is 2.70 bits per heavy atom. The van der Waals surface area contributed by atoms with Crippen LogP contribution in [0.4, 0.5) is 5.82 Å². The Kier molecular flexibility index (Phi) is 4.38. The molecule has 1 amide bonds. The molecule has 0 fully saturated rings. The minimum Gasteiger partial charge on any atom is -0.360 e. The standard InChI is InChI=1S/C15H13ClN4O3/c1-9-8-12(19-22-9)17-13(21)6-7-14-18-15(20-23-14)10-2-4-11(16)5-3-10/h2-5,8H,6-7H2,1H3,(H,17,19,21). The summed E-state index contributed by atoms with van der Waals surface area (Å²) in [5, 5.41) is 10.9. The lowest BCUT2D eigenvalue weighted by Crippen LogP contribution is -2.12. The SMILES string of the molecule is Cc1cc(NC(=O)CCc2nc(-c3ccc(Cl)cc3)no2)no1. The van der Waals surface area contributed by atoms with E-state index in [1.807, 2.05) is 0 Å². The monoisotopic (exact) mass is 332 g/mol. The van der Waals surface area contributed by atoms with Crippen molar-refractivity contribution in [2.45, 2.75) is 19.8 Å². The lowest BCUT2D eigenvalue weighted by Gasteiger charge is -1.98. The Morgan fingerprint density at radius 1 is 1.22 bits per heavy atom. The molecular weight excluding hydrogens is 320 g/mol. The van der Waals surface area contributed by atoms with Crippen LogP contribution in [0.1, 0.15) is 18.1 Å². The number of amides is 1. The van der Waals surface area contributed by atoms with Crippen LogP contribution in [-0.2, 0) is 11.2 Å². The first-order chi connectivity index (χ1) is 11.1. The number of hydrogen-bond acceptors (Lipinski definition) is 6. The highest BCUT2D eigenvalue weighted by Gasteiger charge is 2.12. The van der Waals surface area contributed by atoms with Gasteiger partial charge in [-0.05, 0) is 31.2 Å². The molecule has 3 aromatic rings. The van der Waals surface area contributed by atoms with Crippen LogP contribution in [0, 0.1) is 6.92 Å². The minimum atomic E-state index is -0.204. The van der Waals surface area contributed by atoms with Gasteiger partial charge in [0.15, 0.2) is 5.82 Å². The van der Waals surface area contributed by atoms with Gasteiger partial charge in [0, 0.05) is 29.5 Å². The number of carbonyl (C=O) groups excluding carboxylic acids is 1.